The highest BCUT2D eigenvalue weighted by molar-refractivity contribution is 5.78. The highest BCUT2D eigenvalue weighted by Crippen LogP contribution is 2.12. The van der Waals surface area contributed by atoms with E-state index in [-0.39, 0.29) is 7.43 Å². The van der Waals surface area contributed by atoms with Gasteiger partial charge in [-0.1, -0.05) is 7.43 Å². The number of hydrogen-bond donors (Lipinski definition) is 1. The molecule has 0 saturated heterocycles. The zero-order valence-corrected chi connectivity index (χ0v) is 5.76. The summed E-state index contributed by atoms with van der Waals surface area (Å²) in [6, 6.07) is 4.05. The van der Waals surface area contributed by atoms with E-state index in [4.69, 9.17) is 0 Å². The SMILES string of the molecule is C.Cc1ccnc2[nH]ccc12. The van der Waals surface area contributed by atoms with Crippen LogP contribution in [-0.2, 0) is 0 Å². The third-order valence-corrected chi connectivity index (χ3v) is 1.68. The normalized spacial score (nSPS) is 9.55. The van der Waals surface area contributed by atoms with Gasteiger partial charge in [0.05, 0.1) is 0 Å². The molecule has 2 nitrogen and oxygen atoms in total. The molecule has 0 aromatic carbocycles. The van der Waals surface area contributed by atoms with Crippen LogP contribution in [-0.4, -0.2) is 9.97 Å². The third kappa shape index (κ3) is 1.11. The molecule has 0 bridgehead atoms. The van der Waals surface area contributed by atoms with Crippen LogP contribution in [0.1, 0.15) is 13.0 Å². The first-order valence-corrected chi connectivity index (χ1v) is 3.26. The van der Waals surface area contributed by atoms with Crippen molar-refractivity contribution in [3.8, 4) is 0 Å². The van der Waals surface area contributed by atoms with Crippen LogP contribution in [0.5, 0.6) is 0 Å². The lowest BCUT2D eigenvalue weighted by Crippen LogP contribution is -1.77. The Morgan fingerprint density at radius 3 is 2.91 bits per heavy atom. The summed E-state index contributed by atoms with van der Waals surface area (Å²) in [5, 5.41) is 1.21. The molecule has 0 fully saturated rings. The fraction of sp³-hybridized carbons (Fsp3) is 0.222. The lowest BCUT2D eigenvalue weighted by molar-refractivity contribution is 1.31. The number of H-pyrrole nitrogens is 1. The van der Waals surface area contributed by atoms with Crippen LogP contribution in [0.4, 0.5) is 0 Å². The van der Waals surface area contributed by atoms with E-state index in [1.165, 1.54) is 10.9 Å². The third-order valence-electron chi connectivity index (χ3n) is 1.68. The fourth-order valence-corrected chi connectivity index (χ4v) is 1.10. The fourth-order valence-electron chi connectivity index (χ4n) is 1.10. The van der Waals surface area contributed by atoms with E-state index in [0.29, 0.717) is 0 Å². The monoisotopic (exact) mass is 148 g/mol. The molecule has 1 N–H and O–H groups in total. The predicted octanol–water partition coefficient (Wildman–Crippen LogP) is 2.51. The number of nitrogens with zero attached hydrogens (tertiary/aromatic N) is 1. The average Bonchev–Trinajstić information content (AvgIpc) is 2.36. The van der Waals surface area contributed by atoms with Crippen molar-refractivity contribution in [3.63, 3.8) is 0 Å². The van der Waals surface area contributed by atoms with Gasteiger partial charge in [0, 0.05) is 17.8 Å². The van der Waals surface area contributed by atoms with E-state index in [1.807, 2.05) is 24.5 Å². The molecule has 2 rings (SSSR count). The Morgan fingerprint density at radius 1 is 1.36 bits per heavy atom. The molecule has 2 aromatic heterocycles. The maximum absolute atomic E-state index is 4.15. The number of aromatic nitrogens is 2. The second-order valence-electron chi connectivity index (χ2n) is 2.37. The number of rotatable bonds is 0. The van der Waals surface area contributed by atoms with Gasteiger partial charge in [-0.2, -0.15) is 0 Å². The Balaban J connectivity index is 0.000000605. The van der Waals surface area contributed by atoms with Gasteiger partial charge in [-0.15, -0.1) is 0 Å². The molecule has 0 atom stereocenters. The van der Waals surface area contributed by atoms with Crippen molar-refractivity contribution in [2.24, 2.45) is 0 Å². The van der Waals surface area contributed by atoms with Crippen LogP contribution in [0.3, 0.4) is 0 Å². The standard InChI is InChI=1S/C8H8N2.CH4/c1-6-2-4-9-8-7(6)3-5-10-8;/h2-5H,1H3,(H,9,10);1H4. The largest absolute Gasteiger partial charge is 0.346 e. The molecule has 2 heteroatoms. The van der Waals surface area contributed by atoms with Gasteiger partial charge in [-0.05, 0) is 24.6 Å². The first kappa shape index (κ1) is 7.79. The number of fused-ring (bicyclic) bond motifs is 1. The van der Waals surface area contributed by atoms with E-state index in [9.17, 15) is 0 Å². The van der Waals surface area contributed by atoms with Gasteiger partial charge in [-0.25, -0.2) is 4.98 Å². The van der Waals surface area contributed by atoms with Crippen LogP contribution in [0.2, 0.25) is 0 Å². The quantitative estimate of drug-likeness (QED) is 0.611. The number of nitrogens with one attached hydrogen (secondary N) is 1. The molecule has 0 aliphatic heterocycles. The van der Waals surface area contributed by atoms with Gasteiger partial charge in [-0.3, -0.25) is 0 Å². The summed E-state index contributed by atoms with van der Waals surface area (Å²) in [6.07, 6.45) is 3.72. The van der Waals surface area contributed by atoms with E-state index in [2.05, 4.69) is 16.9 Å². The van der Waals surface area contributed by atoms with Crippen LogP contribution in [0.25, 0.3) is 11.0 Å². The molecule has 0 spiro atoms. The first-order chi connectivity index (χ1) is 4.88. The molecular weight excluding hydrogens is 136 g/mol. The van der Waals surface area contributed by atoms with E-state index in [0.717, 1.165) is 5.65 Å². The second-order valence-corrected chi connectivity index (χ2v) is 2.37. The van der Waals surface area contributed by atoms with Gasteiger partial charge in [0.2, 0.25) is 0 Å². The molecule has 0 unspecified atom stereocenters. The Hall–Kier alpha value is -1.31. The number of pyridine rings is 1. The van der Waals surface area contributed by atoms with Crippen molar-refractivity contribution in [1.29, 1.82) is 0 Å². The highest BCUT2D eigenvalue weighted by atomic mass is 14.8. The van der Waals surface area contributed by atoms with E-state index >= 15 is 0 Å². The Morgan fingerprint density at radius 2 is 2.18 bits per heavy atom. The minimum absolute atomic E-state index is 0. The Kier molecular flexibility index (Phi) is 1.94. The summed E-state index contributed by atoms with van der Waals surface area (Å²) in [7, 11) is 0. The molecule has 0 amide bonds. The zero-order valence-electron chi connectivity index (χ0n) is 5.76. The zero-order chi connectivity index (χ0) is 6.97. The minimum Gasteiger partial charge on any atom is -0.346 e. The molecule has 58 valence electrons. The van der Waals surface area contributed by atoms with Crippen LogP contribution in [0, 0.1) is 6.92 Å². The molecular formula is C9H12N2. The molecule has 2 aromatic rings. The summed E-state index contributed by atoms with van der Waals surface area (Å²) in [5.74, 6) is 0. The van der Waals surface area contributed by atoms with Crippen LogP contribution in [0.15, 0.2) is 24.5 Å². The van der Waals surface area contributed by atoms with Crippen molar-refractivity contribution >= 4 is 11.0 Å². The lowest BCUT2D eigenvalue weighted by Gasteiger charge is -1.91. The average molecular weight is 148 g/mol. The summed E-state index contributed by atoms with van der Waals surface area (Å²) in [6.45, 7) is 2.08. The number of aryl methyl sites for hydroxylation is 1. The Bertz CT molecular complexity index is 349. The van der Waals surface area contributed by atoms with Gasteiger partial charge in [0.25, 0.3) is 0 Å². The van der Waals surface area contributed by atoms with Crippen molar-refractivity contribution in [1.82, 2.24) is 9.97 Å². The van der Waals surface area contributed by atoms with Gasteiger partial charge >= 0.3 is 0 Å². The maximum Gasteiger partial charge on any atom is 0.137 e. The van der Waals surface area contributed by atoms with E-state index < -0.39 is 0 Å². The van der Waals surface area contributed by atoms with Crippen LogP contribution < -0.4 is 0 Å². The number of aromatic amines is 1. The summed E-state index contributed by atoms with van der Waals surface area (Å²) >= 11 is 0. The van der Waals surface area contributed by atoms with E-state index in [1.54, 1.807) is 0 Å². The topological polar surface area (TPSA) is 28.7 Å². The highest BCUT2D eigenvalue weighted by Gasteiger charge is 1.95. The van der Waals surface area contributed by atoms with Gasteiger partial charge < -0.3 is 4.98 Å². The molecule has 0 saturated carbocycles. The van der Waals surface area contributed by atoms with Crippen molar-refractivity contribution in [2.45, 2.75) is 14.4 Å². The smallest absolute Gasteiger partial charge is 0.137 e. The molecule has 0 aliphatic carbocycles. The number of hydrogen-bond acceptors (Lipinski definition) is 1. The predicted molar refractivity (Wildman–Crippen MR) is 47.6 cm³/mol. The molecule has 11 heavy (non-hydrogen) atoms. The summed E-state index contributed by atoms with van der Waals surface area (Å²) in [4.78, 5) is 7.20. The maximum atomic E-state index is 4.15. The second kappa shape index (κ2) is 2.74. The van der Waals surface area contributed by atoms with Crippen LogP contribution >= 0.6 is 0 Å². The molecule has 0 aliphatic rings. The van der Waals surface area contributed by atoms with Crippen molar-refractivity contribution in [2.75, 3.05) is 0 Å². The van der Waals surface area contributed by atoms with Gasteiger partial charge in [0.15, 0.2) is 0 Å². The summed E-state index contributed by atoms with van der Waals surface area (Å²) in [5.41, 5.74) is 2.24. The van der Waals surface area contributed by atoms with Gasteiger partial charge in [0.1, 0.15) is 5.65 Å². The molecule has 2 heterocycles. The lowest BCUT2D eigenvalue weighted by atomic mass is 10.2. The first-order valence-electron chi connectivity index (χ1n) is 3.26. The van der Waals surface area contributed by atoms with Crippen molar-refractivity contribution in [3.05, 3.63) is 30.1 Å². The molecule has 0 radical (unpaired) electrons. The minimum atomic E-state index is 0. The summed E-state index contributed by atoms with van der Waals surface area (Å²) < 4.78 is 0. The van der Waals surface area contributed by atoms with Crippen molar-refractivity contribution < 1.29 is 0 Å². The Labute approximate surface area is 66.3 Å².